The molecule has 0 bridgehead atoms. The number of anilines is 2. The van der Waals surface area contributed by atoms with Crippen molar-refractivity contribution >= 4 is 11.8 Å². The summed E-state index contributed by atoms with van der Waals surface area (Å²) in [6, 6.07) is 2.56. The molecule has 120 valence electrons. The van der Waals surface area contributed by atoms with Gasteiger partial charge in [-0.15, -0.1) is 0 Å². The number of hydrogen-bond donors (Lipinski definition) is 2. The third kappa shape index (κ3) is 4.72. The Labute approximate surface area is 133 Å². The molecule has 1 saturated carbocycles. The Morgan fingerprint density at radius 1 is 1.09 bits per heavy atom. The van der Waals surface area contributed by atoms with E-state index in [1.54, 1.807) is 5.57 Å². The molecular formula is C18H28N4. The van der Waals surface area contributed by atoms with Crippen molar-refractivity contribution in [2.45, 2.75) is 70.3 Å². The van der Waals surface area contributed by atoms with Crippen LogP contribution < -0.4 is 10.6 Å². The van der Waals surface area contributed by atoms with E-state index < -0.39 is 0 Å². The van der Waals surface area contributed by atoms with Crippen LogP contribution in [-0.2, 0) is 0 Å². The normalized spacial score (nSPS) is 19.5. The minimum atomic E-state index is 0.587. The van der Waals surface area contributed by atoms with Crippen molar-refractivity contribution in [3.63, 3.8) is 0 Å². The lowest BCUT2D eigenvalue weighted by molar-refractivity contribution is 0.462. The van der Waals surface area contributed by atoms with Gasteiger partial charge in [-0.1, -0.05) is 30.9 Å². The highest BCUT2D eigenvalue weighted by Crippen LogP contribution is 2.21. The van der Waals surface area contributed by atoms with Gasteiger partial charge in [-0.2, -0.15) is 4.98 Å². The van der Waals surface area contributed by atoms with Gasteiger partial charge in [-0.3, -0.25) is 0 Å². The maximum atomic E-state index is 4.60. The highest BCUT2D eigenvalue weighted by atomic mass is 15.1. The molecule has 1 aromatic heterocycles. The molecule has 1 aromatic rings. The Bertz CT molecular complexity index is 492. The van der Waals surface area contributed by atoms with Crippen molar-refractivity contribution in [1.29, 1.82) is 0 Å². The van der Waals surface area contributed by atoms with Crippen molar-refractivity contribution in [2.75, 3.05) is 17.2 Å². The Morgan fingerprint density at radius 2 is 2.00 bits per heavy atom. The molecular weight excluding hydrogens is 272 g/mol. The molecule has 4 nitrogen and oxygen atoms in total. The van der Waals surface area contributed by atoms with Gasteiger partial charge in [0.1, 0.15) is 5.82 Å². The average molecular weight is 300 g/mol. The molecule has 3 rings (SSSR count). The Kier molecular flexibility index (Phi) is 5.68. The third-order valence-electron chi connectivity index (χ3n) is 4.73. The molecule has 0 unspecified atom stereocenters. The van der Waals surface area contributed by atoms with E-state index in [-0.39, 0.29) is 0 Å². The van der Waals surface area contributed by atoms with E-state index in [4.69, 9.17) is 0 Å². The van der Waals surface area contributed by atoms with Crippen LogP contribution in [0.5, 0.6) is 0 Å². The van der Waals surface area contributed by atoms with Crippen LogP contribution in [0.1, 0.15) is 64.2 Å². The zero-order chi connectivity index (χ0) is 15.0. The summed E-state index contributed by atoms with van der Waals surface area (Å²) in [6.07, 6.45) is 17.2. The fraction of sp³-hybridized carbons (Fsp3) is 0.667. The summed E-state index contributed by atoms with van der Waals surface area (Å²) in [7, 11) is 0. The molecule has 2 aliphatic rings. The first-order valence-corrected chi connectivity index (χ1v) is 8.91. The number of allylic oxidation sites excluding steroid dienone is 1. The number of rotatable bonds is 6. The molecule has 0 aromatic carbocycles. The van der Waals surface area contributed by atoms with Crippen LogP contribution in [0.2, 0.25) is 0 Å². The van der Waals surface area contributed by atoms with Crippen molar-refractivity contribution < 1.29 is 0 Å². The monoisotopic (exact) mass is 300 g/mol. The van der Waals surface area contributed by atoms with Gasteiger partial charge in [-0.05, 0) is 51.0 Å². The predicted molar refractivity (Wildman–Crippen MR) is 92.2 cm³/mol. The molecule has 0 aliphatic heterocycles. The van der Waals surface area contributed by atoms with Gasteiger partial charge in [0.2, 0.25) is 5.95 Å². The first-order chi connectivity index (χ1) is 10.9. The lowest BCUT2D eigenvalue weighted by Gasteiger charge is -2.23. The van der Waals surface area contributed by atoms with Crippen LogP contribution in [0, 0.1) is 0 Å². The topological polar surface area (TPSA) is 49.8 Å². The highest BCUT2D eigenvalue weighted by Gasteiger charge is 2.13. The lowest BCUT2D eigenvalue weighted by Crippen LogP contribution is -2.23. The molecule has 0 spiro atoms. The largest absolute Gasteiger partial charge is 0.367 e. The van der Waals surface area contributed by atoms with Crippen LogP contribution in [0.25, 0.3) is 0 Å². The van der Waals surface area contributed by atoms with Crippen molar-refractivity contribution in [2.24, 2.45) is 0 Å². The Balaban J connectivity index is 1.46. The standard InChI is InChI=1S/C18H28N4/c1-3-7-15(8-4-1)11-13-19-18-20-14-12-17(22-18)21-16-9-5-2-6-10-16/h7,12,14,16H,1-6,8-11,13H2,(H2,19,20,21,22). The average Bonchev–Trinajstić information content (AvgIpc) is 2.57. The number of nitrogens with zero attached hydrogens (tertiary/aromatic N) is 2. The number of nitrogens with one attached hydrogen (secondary N) is 2. The van der Waals surface area contributed by atoms with Crippen molar-refractivity contribution in [3.05, 3.63) is 23.9 Å². The van der Waals surface area contributed by atoms with E-state index in [0.717, 1.165) is 24.7 Å². The summed E-state index contributed by atoms with van der Waals surface area (Å²) in [5, 5.41) is 6.93. The van der Waals surface area contributed by atoms with Crippen LogP contribution >= 0.6 is 0 Å². The molecule has 2 aliphatic carbocycles. The van der Waals surface area contributed by atoms with E-state index in [9.17, 15) is 0 Å². The summed E-state index contributed by atoms with van der Waals surface area (Å²) in [5.74, 6) is 1.71. The molecule has 0 atom stereocenters. The molecule has 4 heteroatoms. The van der Waals surface area contributed by atoms with Gasteiger partial charge in [0.25, 0.3) is 0 Å². The molecule has 0 radical (unpaired) electrons. The lowest BCUT2D eigenvalue weighted by atomic mass is 9.95. The summed E-state index contributed by atoms with van der Waals surface area (Å²) < 4.78 is 0. The van der Waals surface area contributed by atoms with E-state index in [1.807, 2.05) is 12.3 Å². The van der Waals surface area contributed by atoms with Crippen LogP contribution in [0.4, 0.5) is 11.8 Å². The second kappa shape index (κ2) is 8.16. The first-order valence-electron chi connectivity index (χ1n) is 8.91. The van der Waals surface area contributed by atoms with Crippen LogP contribution in [-0.4, -0.2) is 22.6 Å². The van der Waals surface area contributed by atoms with Gasteiger partial charge in [0.15, 0.2) is 0 Å². The smallest absolute Gasteiger partial charge is 0.224 e. The van der Waals surface area contributed by atoms with Crippen LogP contribution in [0.3, 0.4) is 0 Å². The second-order valence-corrected chi connectivity index (χ2v) is 6.53. The quantitative estimate of drug-likeness (QED) is 0.758. The van der Waals surface area contributed by atoms with Gasteiger partial charge in [-0.25, -0.2) is 4.98 Å². The molecule has 0 saturated heterocycles. The Hall–Kier alpha value is -1.58. The van der Waals surface area contributed by atoms with Gasteiger partial charge in [0, 0.05) is 18.8 Å². The van der Waals surface area contributed by atoms with Crippen molar-refractivity contribution in [3.8, 4) is 0 Å². The van der Waals surface area contributed by atoms with E-state index in [0.29, 0.717) is 6.04 Å². The number of aromatic nitrogens is 2. The zero-order valence-corrected chi connectivity index (χ0v) is 13.5. The van der Waals surface area contributed by atoms with Gasteiger partial charge >= 0.3 is 0 Å². The maximum Gasteiger partial charge on any atom is 0.224 e. The van der Waals surface area contributed by atoms with E-state index in [1.165, 1.54) is 57.8 Å². The molecule has 1 fully saturated rings. The minimum Gasteiger partial charge on any atom is -0.367 e. The SMILES string of the molecule is C1=C(CCNc2nccc(NC3CCCCC3)n2)CCCC1. The molecule has 22 heavy (non-hydrogen) atoms. The van der Waals surface area contributed by atoms with Crippen molar-refractivity contribution in [1.82, 2.24) is 9.97 Å². The summed E-state index contributed by atoms with van der Waals surface area (Å²) >= 11 is 0. The fourth-order valence-corrected chi connectivity index (χ4v) is 3.45. The van der Waals surface area contributed by atoms with Gasteiger partial charge < -0.3 is 10.6 Å². The summed E-state index contributed by atoms with van der Waals surface area (Å²) in [6.45, 7) is 0.929. The summed E-state index contributed by atoms with van der Waals surface area (Å²) in [5.41, 5.74) is 1.59. The number of hydrogen-bond acceptors (Lipinski definition) is 4. The fourth-order valence-electron chi connectivity index (χ4n) is 3.45. The van der Waals surface area contributed by atoms with Crippen LogP contribution in [0.15, 0.2) is 23.9 Å². The second-order valence-electron chi connectivity index (χ2n) is 6.53. The first kappa shape index (κ1) is 15.3. The zero-order valence-electron chi connectivity index (χ0n) is 13.5. The molecule has 2 N–H and O–H groups in total. The van der Waals surface area contributed by atoms with E-state index >= 15 is 0 Å². The van der Waals surface area contributed by atoms with E-state index in [2.05, 4.69) is 26.7 Å². The maximum absolute atomic E-state index is 4.60. The summed E-state index contributed by atoms with van der Waals surface area (Å²) in [4.78, 5) is 8.93. The minimum absolute atomic E-state index is 0.587. The third-order valence-corrected chi connectivity index (χ3v) is 4.73. The highest BCUT2D eigenvalue weighted by molar-refractivity contribution is 5.40. The van der Waals surface area contributed by atoms with Gasteiger partial charge in [0.05, 0.1) is 0 Å². The molecule has 1 heterocycles. The predicted octanol–water partition coefficient (Wildman–Crippen LogP) is 4.52. The Morgan fingerprint density at radius 3 is 2.82 bits per heavy atom. The molecule has 0 amide bonds.